The third kappa shape index (κ3) is 4.24. The number of hydrogen-bond acceptors (Lipinski definition) is 5. The zero-order chi connectivity index (χ0) is 17.0. The molecule has 2 N–H and O–H groups in total. The molecule has 0 saturated carbocycles. The number of hydrogen-bond donors (Lipinski definition) is 1. The molecular weight excluding hydrogens is 386 g/mol. The van der Waals surface area contributed by atoms with Gasteiger partial charge in [-0.3, -0.25) is 4.79 Å². The Balaban J connectivity index is 2.09. The van der Waals surface area contributed by atoms with Gasteiger partial charge in [0.15, 0.2) is 12.4 Å². The van der Waals surface area contributed by atoms with E-state index in [9.17, 15) is 9.59 Å². The Kier molecular flexibility index (Phi) is 5.63. The minimum absolute atomic E-state index is 0.107. The number of carbonyl (C=O) groups is 2. The van der Waals surface area contributed by atoms with Gasteiger partial charge < -0.3 is 15.2 Å². The van der Waals surface area contributed by atoms with Gasteiger partial charge in [-0.05, 0) is 18.2 Å². The summed E-state index contributed by atoms with van der Waals surface area (Å²) in [6, 6.07) is 9.52. The van der Waals surface area contributed by atoms with E-state index in [1.54, 1.807) is 24.3 Å². The van der Waals surface area contributed by atoms with Gasteiger partial charge in [-0.15, -0.1) is 0 Å². The molecule has 7 heteroatoms. The third-order valence-electron chi connectivity index (χ3n) is 3.04. The van der Waals surface area contributed by atoms with E-state index in [0.717, 1.165) is 4.47 Å². The summed E-state index contributed by atoms with van der Waals surface area (Å²) >= 11 is 9.18. The van der Waals surface area contributed by atoms with Gasteiger partial charge >= 0.3 is 5.97 Å². The van der Waals surface area contributed by atoms with Crippen molar-refractivity contribution in [2.24, 2.45) is 0 Å². The summed E-state index contributed by atoms with van der Waals surface area (Å²) in [5.74, 6) is -0.798. The molecule has 0 aromatic heterocycles. The number of esters is 1. The summed E-state index contributed by atoms with van der Waals surface area (Å²) in [5.41, 5.74) is 6.49. The smallest absolute Gasteiger partial charge is 0.342 e. The van der Waals surface area contributed by atoms with Crippen LogP contribution in [0.4, 0.5) is 5.69 Å². The number of Topliss-reactive ketones (excluding diaryl/α,β-unsaturated/α-hetero) is 1. The molecule has 0 fully saturated rings. The zero-order valence-electron chi connectivity index (χ0n) is 12.1. The van der Waals surface area contributed by atoms with Gasteiger partial charge in [-0.2, -0.15) is 0 Å². The normalized spacial score (nSPS) is 10.2. The molecule has 23 heavy (non-hydrogen) atoms. The standard InChI is InChI=1S/C16H13BrClNO4/c1-22-15-7-13(19)12(18)6-11(15)16(21)23-8-14(20)9-2-4-10(17)5-3-9/h2-7H,8,19H2,1H3. The van der Waals surface area contributed by atoms with Crippen LogP contribution >= 0.6 is 27.5 Å². The van der Waals surface area contributed by atoms with Crippen LogP contribution in [0.2, 0.25) is 5.02 Å². The Morgan fingerprint density at radius 3 is 2.48 bits per heavy atom. The van der Waals surface area contributed by atoms with Crippen molar-refractivity contribution in [3.63, 3.8) is 0 Å². The van der Waals surface area contributed by atoms with Gasteiger partial charge in [-0.25, -0.2) is 4.79 Å². The van der Waals surface area contributed by atoms with Crippen molar-refractivity contribution in [2.45, 2.75) is 0 Å². The van der Waals surface area contributed by atoms with Crippen molar-refractivity contribution in [1.82, 2.24) is 0 Å². The molecule has 0 atom stereocenters. The molecule has 0 saturated heterocycles. The average Bonchev–Trinajstić information content (AvgIpc) is 2.55. The van der Waals surface area contributed by atoms with Gasteiger partial charge in [-0.1, -0.05) is 39.7 Å². The van der Waals surface area contributed by atoms with E-state index in [2.05, 4.69) is 15.9 Å². The highest BCUT2D eigenvalue weighted by molar-refractivity contribution is 9.10. The molecule has 0 spiro atoms. The lowest BCUT2D eigenvalue weighted by Crippen LogP contribution is -2.15. The summed E-state index contributed by atoms with van der Waals surface area (Å²) in [7, 11) is 1.40. The predicted molar refractivity (Wildman–Crippen MR) is 91.2 cm³/mol. The predicted octanol–water partition coefficient (Wildman–Crippen LogP) is 3.73. The summed E-state index contributed by atoms with van der Waals surface area (Å²) < 4.78 is 11.0. The van der Waals surface area contributed by atoms with E-state index in [1.807, 2.05) is 0 Å². The van der Waals surface area contributed by atoms with Crippen LogP contribution in [0.15, 0.2) is 40.9 Å². The number of nitrogen functional groups attached to an aromatic ring is 1. The Hall–Kier alpha value is -2.05. The number of nitrogens with two attached hydrogens (primary N) is 1. The largest absolute Gasteiger partial charge is 0.496 e. The Bertz CT molecular complexity index is 746. The number of methoxy groups -OCH3 is 1. The zero-order valence-corrected chi connectivity index (χ0v) is 14.5. The fourth-order valence-electron chi connectivity index (χ4n) is 1.83. The van der Waals surface area contributed by atoms with Crippen molar-refractivity contribution in [3.8, 4) is 5.75 Å². The second-order valence-electron chi connectivity index (χ2n) is 4.58. The molecule has 0 radical (unpaired) electrons. The maximum absolute atomic E-state index is 12.1. The lowest BCUT2D eigenvalue weighted by Gasteiger charge is -2.10. The van der Waals surface area contributed by atoms with Gasteiger partial charge in [0.05, 0.1) is 17.8 Å². The maximum atomic E-state index is 12.1. The molecule has 0 unspecified atom stereocenters. The number of ether oxygens (including phenoxy) is 2. The molecule has 120 valence electrons. The first kappa shape index (κ1) is 17.3. The number of benzene rings is 2. The van der Waals surface area contributed by atoms with Crippen molar-refractivity contribution in [2.75, 3.05) is 19.5 Å². The highest BCUT2D eigenvalue weighted by atomic mass is 79.9. The maximum Gasteiger partial charge on any atom is 0.342 e. The van der Waals surface area contributed by atoms with E-state index in [0.29, 0.717) is 5.56 Å². The summed E-state index contributed by atoms with van der Waals surface area (Å²) in [4.78, 5) is 24.1. The first-order valence-electron chi connectivity index (χ1n) is 6.51. The minimum Gasteiger partial charge on any atom is -0.496 e. The fraction of sp³-hybridized carbons (Fsp3) is 0.125. The van der Waals surface area contributed by atoms with E-state index < -0.39 is 5.97 Å². The van der Waals surface area contributed by atoms with Crippen molar-refractivity contribution in [3.05, 3.63) is 57.0 Å². The summed E-state index contributed by atoms with van der Waals surface area (Å²) in [6.45, 7) is -0.383. The molecular formula is C16H13BrClNO4. The number of rotatable bonds is 5. The quantitative estimate of drug-likeness (QED) is 0.471. The van der Waals surface area contributed by atoms with Gasteiger partial charge in [0, 0.05) is 16.1 Å². The molecule has 0 aliphatic rings. The van der Waals surface area contributed by atoms with Crippen molar-refractivity contribution in [1.29, 1.82) is 0 Å². The lowest BCUT2D eigenvalue weighted by molar-refractivity contribution is 0.0471. The fourth-order valence-corrected chi connectivity index (χ4v) is 2.25. The topological polar surface area (TPSA) is 78.6 Å². The minimum atomic E-state index is -0.714. The molecule has 0 amide bonds. The number of anilines is 1. The first-order valence-corrected chi connectivity index (χ1v) is 7.68. The highest BCUT2D eigenvalue weighted by Crippen LogP contribution is 2.29. The molecule has 5 nitrogen and oxygen atoms in total. The average molecular weight is 399 g/mol. The second kappa shape index (κ2) is 7.48. The van der Waals surface area contributed by atoms with Crippen LogP contribution in [-0.4, -0.2) is 25.5 Å². The molecule has 0 bridgehead atoms. The van der Waals surface area contributed by atoms with Gasteiger partial charge in [0.25, 0.3) is 0 Å². The van der Waals surface area contributed by atoms with Crippen LogP contribution in [-0.2, 0) is 4.74 Å². The SMILES string of the molecule is COc1cc(N)c(Cl)cc1C(=O)OCC(=O)c1ccc(Br)cc1. The Labute approximate surface area is 146 Å². The number of carbonyl (C=O) groups excluding carboxylic acids is 2. The third-order valence-corrected chi connectivity index (χ3v) is 3.90. The Morgan fingerprint density at radius 2 is 1.87 bits per heavy atom. The number of halogens is 2. The monoisotopic (exact) mass is 397 g/mol. The van der Waals surface area contributed by atoms with Crippen molar-refractivity contribution >= 4 is 45.0 Å². The highest BCUT2D eigenvalue weighted by Gasteiger charge is 2.18. The van der Waals surface area contributed by atoms with Crippen LogP contribution in [0.25, 0.3) is 0 Å². The molecule has 2 rings (SSSR count). The van der Waals surface area contributed by atoms with E-state index in [-0.39, 0.29) is 34.4 Å². The molecule has 0 aliphatic carbocycles. The van der Waals surface area contributed by atoms with Crippen LogP contribution in [0.5, 0.6) is 5.75 Å². The molecule has 2 aromatic rings. The van der Waals surface area contributed by atoms with E-state index in [1.165, 1.54) is 19.2 Å². The number of ketones is 1. The molecule has 0 aliphatic heterocycles. The molecule has 0 heterocycles. The van der Waals surface area contributed by atoms with Gasteiger partial charge in [0.2, 0.25) is 0 Å². The first-order chi connectivity index (χ1) is 10.9. The van der Waals surface area contributed by atoms with Crippen LogP contribution < -0.4 is 10.5 Å². The van der Waals surface area contributed by atoms with Gasteiger partial charge in [0.1, 0.15) is 11.3 Å². The summed E-state index contributed by atoms with van der Waals surface area (Å²) in [6.07, 6.45) is 0. The Morgan fingerprint density at radius 1 is 1.22 bits per heavy atom. The van der Waals surface area contributed by atoms with Crippen LogP contribution in [0.3, 0.4) is 0 Å². The van der Waals surface area contributed by atoms with Crippen LogP contribution in [0, 0.1) is 0 Å². The lowest BCUT2D eigenvalue weighted by atomic mass is 10.1. The molecule has 2 aromatic carbocycles. The van der Waals surface area contributed by atoms with Crippen LogP contribution in [0.1, 0.15) is 20.7 Å². The van der Waals surface area contributed by atoms with E-state index >= 15 is 0 Å². The second-order valence-corrected chi connectivity index (χ2v) is 5.90. The summed E-state index contributed by atoms with van der Waals surface area (Å²) in [5, 5.41) is 0.206. The van der Waals surface area contributed by atoms with Crippen molar-refractivity contribution < 1.29 is 19.1 Å². The van der Waals surface area contributed by atoms with E-state index in [4.69, 9.17) is 26.8 Å².